The normalized spacial score (nSPS) is 14.8. The van der Waals surface area contributed by atoms with E-state index in [1.807, 2.05) is 0 Å². The first-order chi connectivity index (χ1) is 9.70. The molecule has 118 valence electrons. The molecule has 2 atom stereocenters. The zero-order valence-corrected chi connectivity index (χ0v) is 12.3. The van der Waals surface area contributed by atoms with Gasteiger partial charge in [0.1, 0.15) is 6.04 Å². The van der Waals surface area contributed by atoms with E-state index in [9.17, 15) is 18.0 Å². The molecule has 0 aliphatic rings. The number of nitrogens with one attached hydrogen (secondary N) is 1. The number of ether oxygens (including phenoxy) is 1. The average Bonchev–Trinajstić information content (AvgIpc) is 2.36. The van der Waals surface area contributed by atoms with Crippen molar-refractivity contribution in [3.8, 4) is 0 Å². The topological polar surface area (TPSA) is 38.3 Å². The quantitative estimate of drug-likeness (QED) is 0.816. The molecule has 1 aromatic carbocycles. The van der Waals surface area contributed by atoms with Crippen LogP contribution >= 0.6 is 0 Å². The standard InChI is InChI=1S/C15H20F3NO2/c1-10(2)21-14(20)9-13(15(16,17)18)19-11(3)12-7-5-4-6-8-12/h4-8,10-11,13,19H,9H2,1-3H3/t11-,13+/m0/s1. The van der Waals surface area contributed by atoms with Crippen LogP contribution in [0.5, 0.6) is 0 Å². The molecule has 0 saturated carbocycles. The number of rotatable bonds is 6. The molecular formula is C15H20F3NO2. The SMILES string of the molecule is CC(C)OC(=O)C[C@@H](N[C@@H](C)c1ccccc1)C(F)(F)F. The summed E-state index contributed by atoms with van der Waals surface area (Å²) in [6, 6.07) is 6.31. The Morgan fingerprint density at radius 1 is 1.19 bits per heavy atom. The first-order valence-electron chi connectivity index (χ1n) is 6.77. The van der Waals surface area contributed by atoms with Gasteiger partial charge in [0.15, 0.2) is 0 Å². The Balaban J connectivity index is 2.73. The van der Waals surface area contributed by atoms with E-state index in [0.717, 1.165) is 5.56 Å². The summed E-state index contributed by atoms with van der Waals surface area (Å²) in [5.41, 5.74) is 0.726. The van der Waals surface area contributed by atoms with Crippen molar-refractivity contribution in [2.45, 2.75) is 51.6 Å². The number of hydrogen-bond acceptors (Lipinski definition) is 3. The van der Waals surface area contributed by atoms with Gasteiger partial charge >= 0.3 is 12.1 Å². The van der Waals surface area contributed by atoms with Gasteiger partial charge in [-0.25, -0.2) is 0 Å². The molecule has 1 N–H and O–H groups in total. The van der Waals surface area contributed by atoms with E-state index in [4.69, 9.17) is 4.74 Å². The Morgan fingerprint density at radius 2 is 1.76 bits per heavy atom. The lowest BCUT2D eigenvalue weighted by atomic mass is 10.1. The molecule has 0 bridgehead atoms. The summed E-state index contributed by atoms with van der Waals surface area (Å²) in [5, 5.41) is 2.45. The minimum Gasteiger partial charge on any atom is -0.463 e. The van der Waals surface area contributed by atoms with Gasteiger partial charge in [-0.05, 0) is 26.3 Å². The predicted molar refractivity (Wildman–Crippen MR) is 73.7 cm³/mol. The van der Waals surface area contributed by atoms with Gasteiger partial charge in [0, 0.05) is 6.04 Å². The van der Waals surface area contributed by atoms with E-state index in [-0.39, 0.29) is 0 Å². The molecule has 0 aliphatic carbocycles. The van der Waals surface area contributed by atoms with Crippen LogP contribution in [-0.2, 0) is 9.53 Å². The molecule has 21 heavy (non-hydrogen) atoms. The lowest BCUT2D eigenvalue weighted by Gasteiger charge is -2.25. The minimum absolute atomic E-state index is 0.432. The van der Waals surface area contributed by atoms with Crippen molar-refractivity contribution >= 4 is 5.97 Å². The molecule has 0 radical (unpaired) electrons. The monoisotopic (exact) mass is 303 g/mol. The van der Waals surface area contributed by atoms with Crippen LogP contribution in [0.4, 0.5) is 13.2 Å². The Bertz CT molecular complexity index is 446. The van der Waals surface area contributed by atoms with Crippen molar-refractivity contribution in [2.75, 3.05) is 0 Å². The third-order valence-corrected chi connectivity index (χ3v) is 2.88. The summed E-state index contributed by atoms with van der Waals surface area (Å²) >= 11 is 0. The van der Waals surface area contributed by atoms with Gasteiger partial charge in [-0.3, -0.25) is 10.1 Å². The molecule has 0 fully saturated rings. The van der Waals surface area contributed by atoms with Crippen LogP contribution in [0.2, 0.25) is 0 Å². The highest BCUT2D eigenvalue weighted by molar-refractivity contribution is 5.70. The molecule has 0 spiro atoms. The van der Waals surface area contributed by atoms with E-state index >= 15 is 0 Å². The zero-order chi connectivity index (χ0) is 16.0. The fourth-order valence-electron chi connectivity index (χ4n) is 1.89. The molecule has 0 saturated heterocycles. The van der Waals surface area contributed by atoms with Crippen LogP contribution in [0, 0.1) is 0 Å². The van der Waals surface area contributed by atoms with E-state index < -0.39 is 36.8 Å². The number of carbonyl (C=O) groups is 1. The van der Waals surface area contributed by atoms with E-state index in [0.29, 0.717) is 0 Å². The van der Waals surface area contributed by atoms with Gasteiger partial charge in [-0.1, -0.05) is 30.3 Å². The van der Waals surface area contributed by atoms with Crippen LogP contribution in [-0.4, -0.2) is 24.3 Å². The highest BCUT2D eigenvalue weighted by Crippen LogP contribution is 2.26. The van der Waals surface area contributed by atoms with Crippen LogP contribution in [0.3, 0.4) is 0 Å². The maximum atomic E-state index is 13.0. The first-order valence-corrected chi connectivity index (χ1v) is 6.77. The van der Waals surface area contributed by atoms with Gasteiger partial charge in [-0.15, -0.1) is 0 Å². The minimum atomic E-state index is -4.51. The van der Waals surface area contributed by atoms with Crippen LogP contribution in [0.25, 0.3) is 0 Å². The summed E-state index contributed by atoms with van der Waals surface area (Å²) < 4.78 is 43.9. The fraction of sp³-hybridized carbons (Fsp3) is 0.533. The van der Waals surface area contributed by atoms with Crippen LogP contribution < -0.4 is 5.32 Å². The van der Waals surface area contributed by atoms with Gasteiger partial charge in [0.05, 0.1) is 12.5 Å². The summed E-state index contributed by atoms with van der Waals surface area (Å²) in [7, 11) is 0. The molecule has 0 aliphatic heterocycles. The summed E-state index contributed by atoms with van der Waals surface area (Å²) in [4.78, 5) is 11.5. The molecule has 1 rings (SSSR count). The Hall–Kier alpha value is -1.56. The lowest BCUT2D eigenvalue weighted by molar-refractivity contribution is -0.172. The molecule has 0 unspecified atom stereocenters. The van der Waals surface area contributed by atoms with Crippen molar-refractivity contribution in [3.63, 3.8) is 0 Å². The van der Waals surface area contributed by atoms with E-state index in [1.54, 1.807) is 51.1 Å². The third kappa shape index (κ3) is 6.16. The van der Waals surface area contributed by atoms with Crippen LogP contribution in [0.15, 0.2) is 30.3 Å². The van der Waals surface area contributed by atoms with Gasteiger partial charge in [0.2, 0.25) is 0 Å². The molecule has 3 nitrogen and oxygen atoms in total. The fourth-order valence-corrected chi connectivity index (χ4v) is 1.89. The van der Waals surface area contributed by atoms with E-state index in [2.05, 4.69) is 5.32 Å². The Morgan fingerprint density at radius 3 is 2.24 bits per heavy atom. The number of carbonyl (C=O) groups excluding carboxylic acids is 1. The molecule has 0 amide bonds. The Kier molecular flexibility index (Phi) is 6.20. The highest BCUT2D eigenvalue weighted by Gasteiger charge is 2.42. The molecule has 0 heterocycles. The number of hydrogen-bond donors (Lipinski definition) is 1. The summed E-state index contributed by atoms with van der Waals surface area (Å²) in [6.45, 7) is 4.82. The van der Waals surface area contributed by atoms with E-state index in [1.165, 1.54) is 0 Å². The maximum Gasteiger partial charge on any atom is 0.404 e. The maximum absolute atomic E-state index is 13.0. The van der Waals surface area contributed by atoms with Crippen molar-refractivity contribution in [3.05, 3.63) is 35.9 Å². The largest absolute Gasteiger partial charge is 0.463 e. The number of alkyl halides is 3. The van der Waals surface area contributed by atoms with Crippen molar-refractivity contribution < 1.29 is 22.7 Å². The van der Waals surface area contributed by atoms with Gasteiger partial charge in [0.25, 0.3) is 0 Å². The zero-order valence-electron chi connectivity index (χ0n) is 12.3. The predicted octanol–water partition coefficient (Wildman–Crippen LogP) is 3.61. The second-order valence-corrected chi connectivity index (χ2v) is 5.14. The van der Waals surface area contributed by atoms with Crippen molar-refractivity contribution in [1.82, 2.24) is 5.32 Å². The molecular weight excluding hydrogens is 283 g/mol. The second-order valence-electron chi connectivity index (χ2n) is 5.14. The average molecular weight is 303 g/mol. The number of esters is 1. The van der Waals surface area contributed by atoms with Crippen LogP contribution in [0.1, 0.15) is 38.8 Å². The number of benzene rings is 1. The van der Waals surface area contributed by atoms with Crippen molar-refractivity contribution in [1.29, 1.82) is 0 Å². The molecule has 1 aromatic rings. The molecule has 0 aromatic heterocycles. The summed E-state index contributed by atoms with van der Waals surface area (Å²) in [5.74, 6) is -0.861. The second kappa shape index (κ2) is 7.45. The van der Waals surface area contributed by atoms with Crippen molar-refractivity contribution in [2.24, 2.45) is 0 Å². The van der Waals surface area contributed by atoms with Gasteiger partial charge < -0.3 is 4.74 Å². The smallest absolute Gasteiger partial charge is 0.404 e. The highest BCUT2D eigenvalue weighted by atomic mass is 19.4. The lowest BCUT2D eigenvalue weighted by Crippen LogP contribution is -2.45. The van der Waals surface area contributed by atoms with Gasteiger partial charge in [-0.2, -0.15) is 13.2 Å². The summed E-state index contributed by atoms with van der Waals surface area (Å²) in [6.07, 6.45) is -5.68. The first kappa shape index (κ1) is 17.5. The Labute approximate surface area is 122 Å². The number of halogens is 3. The molecule has 6 heteroatoms. The third-order valence-electron chi connectivity index (χ3n) is 2.88.